The first-order valence-corrected chi connectivity index (χ1v) is 13.8. The standard InChI is InChI=1S/C30H37FO9/c1-17-22(25-26(28(32-4)35-17)40-30(2,3)39-25)37-29-24(33-15-18-11-7-5-8-12-18)21(31)23-20(36-29)16-34-27(38-23)19-13-9-6-10-14-19/h5-14,17,20-29H,15-16H2,1-4H3/t17-,20+,21-,22-,23+,24+,25+,26+,27?,28+,29?/m0/s1. The van der Waals surface area contributed by atoms with Gasteiger partial charge in [-0.3, -0.25) is 0 Å². The zero-order chi connectivity index (χ0) is 27.9. The van der Waals surface area contributed by atoms with Crippen molar-refractivity contribution in [3.05, 3.63) is 71.8 Å². The van der Waals surface area contributed by atoms with Crippen molar-refractivity contribution < 1.29 is 47.0 Å². The molecule has 4 saturated heterocycles. The Kier molecular flexibility index (Phi) is 8.24. The fraction of sp³-hybridized carbons (Fsp3) is 0.600. The molecule has 0 spiro atoms. The van der Waals surface area contributed by atoms with Gasteiger partial charge in [0, 0.05) is 12.7 Å². The van der Waals surface area contributed by atoms with E-state index in [2.05, 4.69) is 0 Å². The Balaban J connectivity index is 1.23. The molecule has 4 heterocycles. The summed E-state index contributed by atoms with van der Waals surface area (Å²) in [6, 6.07) is 19.0. The van der Waals surface area contributed by atoms with Gasteiger partial charge in [-0.2, -0.15) is 0 Å². The van der Waals surface area contributed by atoms with Gasteiger partial charge < -0.3 is 42.6 Å². The summed E-state index contributed by atoms with van der Waals surface area (Å²) < 4.78 is 71.3. The predicted molar refractivity (Wildman–Crippen MR) is 139 cm³/mol. The molecule has 11 atom stereocenters. The van der Waals surface area contributed by atoms with Gasteiger partial charge in [0.1, 0.15) is 36.6 Å². The van der Waals surface area contributed by atoms with E-state index < -0.39 is 73.6 Å². The van der Waals surface area contributed by atoms with Crippen molar-refractivity contribution in [2.45, 2.75) is 101 Å². The summed E-state index contributed by atoms with van der Waals surface area (Å²) in [5.41, 5.74) is 1.71. The van der Waals surface area contributed by atoms with Gasteiger partial charge >= 0.3 is 0 Å². The van der Waals surface area contributed by atoms with Gasteiger partial charge in [-0.25, -0.2) is 4.39 Å². The summed E-state index contributed by atoms with van der Waals surface area (Å²) in [5, 5.41) is 0. The zero-order valence-electron chi connectivity index (χ0n) is 23.1. The molecule has 6 rings (SSSR count). The number of halogens is 1. The van der Waals surface area contributed by atoms with E-state index in [0.29, 0.717) is 0 Å². The van der Waals surface area contributed by atoms with E-state index in [1.807, 2.05) is 81.4 Å². The normalized spacial score (nSPS) is 40.8. The van der Waals surface area contributed by atoms with Crippen LogP contribution in [0.3, 0.4) is 0 Å². The maximum atomic E-state index is 16.4. The Morgan fingerprint density at radius 3 is 2.27 bits per heavy atom. The first-order chi connectivity index (χ1) is 19.3. The Bertz CT molecular complexity index is 1100. The van der Waals surface area contributed by atoms with E-state index in [-0.39, 0.29) is 13.2 Å². The lowest BCUT2D eigenvalue weighted by molar-refractivity contribution is -0.377. The smallest absolute Gasteiger partial charge is 0.187 e. The van der Waals surface area contributed by atoms with E-state index in [1.165, 1.54) is 0 Å². The number of fused-ring (bicyclic) bond motifs is 2. The maximum absolute atomic E-state index is 16.4. The largest absolute Gasteiger partial charge is 0.365 e. The predicted octanol–water partition coefficient (Wildman–Crippen LogP) is 4.05. The summed E-state index contributed by atoms with van der Waals surface area (Å²) in [6.45, 7) is 5.82. The fourth-order valence-electron chi connectivity index (χ4n) is 5.81. The van der Waals surface area contributed by atoms with Crippen LogP contribution in [0.2, 0.25) is 0 Å². The highest BCUT2D eigenvalue weighted by molar-refractivity contribution is 5.17. The summed E-state index contributed by atoms with van der Waals surface area (Å²) in [7, 11) is 1.56. The molecule has 0 amide bonds. The highest BCUT2D eigenvalue weighted by atomic mass is 19.1. The molecule has 4 aliphatic heterocycles. The van der Waals surface area contributed by atoms with Crippen molar-refractivity contribution >= 4 is 0 Å². The van der Waals surface area contributed by atoms with Crippen molar-refractivity contribution in [1.82, 2.24) is 0 Å². The summed E-state index contributed by atoms with van der Waals surface area (Å²) in [5.74, 6) is -0.872. The molecule has 2 unspecified atom stereocenters. The molecule has 0 aromatic heterocycles. The molecule has 0 radical (unpaired) electrons. The van der Waals surface area contributed by atoms with Gasteiger partial charge in [0.2, 0.25) is 0 Å². The first-order valence-electron chi connectivity index (χ1n) is 13.8. The SMILES string of the molecule is CO[C@@H]1O[C@@H](C)[C@H](OC2O[C@@H]3COC(c4ccccc4)O[C@H]3[C@H](F)[C@H]2OCc2ccccc2)[C@H]2OC(C)(C)O[C@@H]12. The highest BCUT2D eigenvalue weighted by Gasteiger charge is 2.58. The topological polar surface area (TPSA) is 83.1 Å². The second kappa shape index (κ2) is 11.7. The van der Waals surface area contributed by atoms with Gasteiger partial charge in [0.05, 0.1) is 19.3 Å². The average Bonchev–Trinajstić information content (AvgIpc) is 3.30. The van der Waals surface area contributed by atoms with Crippen molar-refractivity contribution in [3.63, 3.8) is 0 Å². The fourth-order valence-corrected chi connectivity index (χ4v) is 5.81. The third-order valence-electron chi connectivity index (χ3n) is 7.71. The Labute approximate surface area is 233 Å². The van der Waals surface area contributed by atoms with E-state index in [4.69, 9.17) is 42.6 Å². The maximum Gasteiger partial charge on any atom is 0.187 e. The lowest BCUT2D eigenvalue weighted by atomic mass is 9.97. The minimum absolute atomic E-state index is 0.136. The van der Waals surface area contributed by atoms with Crippen LogP contribution < -0.4 is 0 Å². The summed E-state index contributed by atoms with van der Waals surface area (Å²) in [4.78, 5) is 0. The second-order valence-corrected chi connectivity index (χ2v) is 11.0. The number of benzene rings is 2. The van der Waals surface area contributed by atoms with Gasteiger partial charge in [0.15, 0.2) is 30.8 Å². The molecule has 4 fully saturated rings. The lowest BCUT2D eigenvalue weighted by Gasteiger charge is -2.48. The van der Waals surface area contributed by atoms with Crippen LogP contribution in [0.5, 0.6) is 0 Å². The van der Waals surface area contributed by atoms with E-state index in [9.17, 15) is 0 Å². The van der Waals surface area contributed by atoms with Crippen LogP contribution in [0.25, 0.3) is 0 Å². The molecule has 0 saturated carbocycles. The van der Waals surface area contributed by atoms with Crippen LogP contribution in [0.1, 0.15) is 38.2 Å². The number of hydrogen-bond donors (Lipinski definition) is 0. The van der Waals surface area contributed by atoms with E-state index in [1.54, 1.807) is 7.11 Å². The molecular weight excluding hydrogens is 523 g/mol. The first kappa shape index (κ1) is 28.1. The quantitative estimate of drug-likeness (QED) is 0.498. The molecule has 0 bridgehead atoms. The van der Waals surface area contributed by atoms with Gasteiger partial charge in [-0.15, -0.1) is 0 Å². The van der Waals surface area contributed by atoms with Gasteiger partial charge in [-0.05, 0) is 26.3 Å². The van der Waals surface area contributed by atoms with Crippen LogP contribution >= 0.6 is 0 Å². The molecule has 0 N–H and O–H groups in total. The second-order valence-electron chi connectivity index (χ2n) is 11.0. The number of methoxy groups -OCH3 is 1. The van der Waals surface area contributed by atoms with Crippen LogP contribution in [-0.4, -0.2) is 81.0 Å². The van der Waals surface area contributed by atoms with E-state index >= 15 is 4.39 Å². The molecule has 0 aliphatic carbocycles. The van der Waals surface area contributed by atoms with Crippen molar-refractivity contribution in [1.29, 1.82) is 0 Å². The Morgan fingerprint density at radius 2 is 1.55 bits per heavy atom. The summed E-state index contributed by atoms with van der Waals surface area (Å²) in [6.07, 6.45) is -8.83. The minimum Gasteiger partial charge on any atom is -0.365 e. The van der Waals surface area contributed by atoms with Crippen LogP contribution in [-0.2, 0) is 49.2 Å². The van der Waals surface area contributed by atoms with Crippen molar-refractivity contribution in [2.75, 3.05) is 13.7 Å². The summed E-state index contributed by atoms with van der Waals surface area (Å²) >= 11 is 0. The molecule has 2 aromatic carbocycles. The van der Waals surface area contributed by atoms with Crippen LogP contribution in [0.15, 0.2) is 60.7 Å². The zero-order valence-corrected chi connectivity index (χ0v) is 23.1. The lowest BCUT2D eigenvalue weighted by Crippen LogP contribution is -2.64. The van der Waals surface area contributed by atoms with E-state index in [0.717, 1.165) is 11.1 Å². The highest BCUT2D eigenvalue weighted by Crippen LogP contribution is 2.42. The van der Waals surface area contributed by atoms with Crippen LogP contribution in [0.4, 0.5) is 4.39 Å². The molecule has 2 aromatic rings. The van der Waals surface area contributed by atoms with Crippen LogP contribution in [0, 0.1) is 0 Å². The average molecular weight is 561 g/mol. The number of alkyl halides is 1. The number of ether oxygens (including phenoxy) is 9. The molecule has 4 aliphatic rings. The number of rotatable bonds is 7. The Morgan fingerprint density at radius 1 is 0.850 bits per heavy atom. The molecular formula is C30H37FO9. The minimum atomic E-state index is -1.55. The van der Waals surface area contributed by atoms with Gasteiger partial charge in [-0.1, -0.05) is 60.7 Å². The monoisotopic (exact) mass is 560 g/mol. The molecule has 9 nitrogen and oxygen atoms in total. The van der Waals surface area contributed by atoms with Crippen molar-refractivity contribution in [2.24, 2.45) is 0 Å². The molecule has 40 heavy (non-hydrogen) atoms. The molecule has 10 heteroatoms. The number of hydrogen-bond acceptors (Lipinski definition) is 9. The van der Waals surface area contributed by atoms with Crippen molar-refractivity contribution in [3.8, 4) is 0 Å². The third kappa shape index (κ3) is 5.70. The third-order valence-corrected chi connectivity index (χ3v) is 7.71. The Hall–Kier alpha value is -1.99. The molecule has 218 valence electrons. The van der Waals surface area contributed by atoms with Gasteiger partial charge in [0.25, 0.3) is 0 Å².